The van der Waals surface area contributed by atoms with Gasteiger partial charge in [-0.1, -0.05) is 57.2 Å². The predicted molar refractivity (Wildman–Crippen MR) is 154 cm³/mol. The van der Waals surface area contributed by atoms with E-state index in [1.807, 2.05) is 11.3 Å². The van der Waals surface area contributed by atoms with Gasteiger partial charge in [-0.15, -0.1) is 11.3 Å². The summed E-state index contributed by atoms with van der Waals surface area (Å²) in [5.41, 5.74) is 3.53. The van der Waals surface area contributed by atoms with Gasteiger partial charge in [0.15, 0.2) is 0 Å². The van der Waals surface area contributed by atoms with E-state index >= 15 is 0 Å². The molecule has 4 aliphatic rings. The van der Waals surface area contributed by atoms with E-state index in [-0.39, 0.29) is 10.8 Å². The minimum absolute atomic E-state index is 0.0467. The molecule has 1 aromatic heterocycles. The molecule has 202 valence electrons. The van der Waals surface area contributed by atoms with Crippen LogP contribution >= 0.6 is 11.3 Å². The van der Waals surface area contributed by atoms with E-state index in [0.717, 1.165) is 36.8 Å². The number of fused-ring (bicyclic) bond motifs is 1. The van der Waals surface area contributed by atoms with E-state index in [2.05, 4.69) is 63.8 Å². The Hall–Kier alpha value is -1.46. The molecular formula is C33H46O3S. The van der Waals surface area contributed by atoms with E-state index in [4.69, 9.17) is 0 Å². The minimum Gasteiger partial charge on any atom is -0.393 e. The summed E-state index contributed by atoms with van der Waals surface area (Å²) in [5.74, 6) is 1.65. The molecular weight excluding hydrogens is 476 g/mol. The maximum atomic E-state index is 11.2. The lowest BCUT2D eigenvalue weighted by Gasteiger charge is -2.44. The monoisotopic (exact) mass is 522 g/mol. The SMILES string of the molecule is C=C1/C(=C\C=C2/CCC[C@]3(C)[C@@H]([C@H](C)/C=C/[C@@H](O)C4(c5ccc(CC)s5)CC4)CC[C@@H]23)C[C@@H](O)C[C@@H]1O. The quantitative estimate of drug-likeness (QED) is 0.337. The summed E-state index contributed by atoms with van der Waals surface area (Å²) < 4.78 is 0. The second-order valence-electron chi connectivity index (χ2n) is 12.6. The molecule has 1 aromatic rings. The second-order valence-corrected chi connectivity index (χ2v) is 13.8. The van der Waals surface area contributed by atoms with Crippen LogP contribution in [0.3, 0.4) is 0 Å². The zero-order valence-corrected chi connectivity index (χ0v) is 23.8. The van der Waals surface area contributed by atoms with E-state index < -0.39 is 18.3 Å². The number of aliphatic hydroxyl groups is 3. The third kappa shape index (κ3) is 5.12. The van der Waals surface area contributed by atoms with Gasteiger partial charge in [-0.2, -0.15) is 0 Å². The van der Waals surface area contributed by atoms with Crippen LogP contribution in [0, 0.1) is 23.2 Å². The Morgan fingerprint density at radius 2 is 1.92 bits per heavy atom. The average molecular weight is 523 g/mol. The highest BCUT2D eigenvalue weighted by molar-refractivity contribution is 7.12. The molecule has 0 amide bonds. The zero-order chi connectivity index (χ0) is 26.4. The lowest BCUT2D eigenvalue weighted by Crippen LogP contribution is -2.35. The summed E-state index contributed by atoms with van der Waals surface area (Å²) >= 11 is 1.88. The summed E-state index contributed by atoms with van der Waals surface area (Å²) in [6.45, 7) is 11.1. The van der Waals surface area contributed by atoms with Crippen molar-refractivity contribution < 1.29 is 15.3 Å². The van der Waals surface area contributed by atoms with Gasteiger partial charge in [-0.25, -0.2) is 0 Å². The fourth-order valence-electron chi connectivity index (χ4n) is 7.87. The van der Waals surface area contributed by atoms with Crippen molar-refractivity contribution in [2.75, 3.05) is 0 Å². The van der Waals surface area contributed by atoms with Crippen molar-refractivity contribution in [1.29, 1.82) is 0 Å². The number of hydrogen-bond donors (Lipinski definition) is 3. The van der Waals surface area contributed by atoms with Gasteiger partial charge in [0.2, 0.25) is 0 Å². The number of thiophene rings is 1. The largest absolute Gasteiger partial charge is 0.393 e. The first-order valence-corrected chi connectivity index (χ1v) is 15.4. The molecule has 0 spiro atoms. The summed E-state index contributed by atoms with van der Waals surface area (Å²) in [4.78, 5) is 2.77. The predicted octanol–water partition coefficient (Wildman–Crippen LogP) is 7.04. The fraction of sp³-hybridized carbons (Fsp3) is 0.636. The van der Waals surface area contributed by atoms with Crippen LogP contribution in [0.2, 0.25) is 0 Å². The molecule has 1 heterocycles. The average Bonchev–Trinajstić information content (AvgIpc) is 3.39. The Balaban J connectivity index is 1.28. The van der Waals surface area contributed by atoms with Gasteiger partial charge in [-0.3, -0.25) is 0 Å². The highest BCUT2D eigenvalue weighted by Crippen LogP contribution is 2.60. The molecule has 0 aliphatic heterocycles. The minimum atomic E-state index is -0.632. The van der Waals surface area contributed by atoms with Gasteiger partial charge in [-0.05, 0) is 104 Å². The van der Waals surface area contributed by atoms with E-state index in [0.29, 0.717) is 30.6 Å². The molecule has 0 saturated heterocycles. The second kappa shape index (κ2) is 10.6. The number of allylic oxidation sites excluding steroid dienone is 4. The lowest BCUT2D eigenvalue weighted by atomic mass is 9.61. The first-order chi connectivity index (χ1) is 17.7. The zero-order valence-electron chi connectivity index (χ0n) is 23.0. The van der Waals surface area contributed by atoms with Gasteiger partial charge in [0.05, 0.1) is 18.3 Å². The van der Waals surface area contributed by atoms with Crippen LogP contribution in [-0.2, 0) is 11.8 Å². The topological polar surface area (TPSA) is 60.7 Å². The third-order valence-electron chi connectivity index (χ3n) is 10.4. The lowest BCUT2D eigenvalue weighted by molar-refractivity contribution is 0.0862. The van der Waals surface area contributed by atoms with Crippen LogP contribution in [-0.4, -0.2) is 33.6 Å². The highest BCUT2D eigenvalue weighted by Gasteiger charge is 2.52. The van der Waals surface area contributed by atoms with Crippen LogP contribution in [0.4, 0.5) is 0 Å². The van der Waals surface area contributed by atoms with Crippen molar-refractivity contribution >= 4 is 11.3 Å². The Kier molecular flexibility index (Phi) is 7.77. The molecule has 3 nitrogen and oxygen atoms in total. The molecule has 4 saturated carbocycles. The number of aliphatic hydroxyl groups excluding tert-OH is 3. The molecule has 37 heavy (non-hydrogen) atoms. The van der Waals surface area contributed by atoms with Crippen LogP contribution in [0.15, 0.2) is 59.7 Å². The first-order valence-electron chi connectivity index (χ1n) is 14.6. The Morgan fingerprint density at radius 3 is 2.62 bits per heavy atom. The van der Waals surface area contributed by atoms with Crippen molar-refractivity contribution in [3.8, 4) is 0 Å². The molecule has 0 radical (unpaired) electrons. The third-order valence-corrected chi connectivity index (χ3v) is 11.8. The van der Waals surface area contributed by atoms with Crippen LogP contribution in [0.25, 0.3) is 0 Å². The van der Waals surface area contributed by atoms with Crippen molar-refractivity contribution in [2.45, 2.75) is 109 Å². The highest BCUT2D eigenvalue weighted by atomic mass is 32.1. The summed E-state index contributed by atoms with van der Waals surface area (Å²) in [7, 11) is 0. The van der Waals surface area contributed by atoms with E-state index in [1.54, 1.807) is 0 Å². The first kappa shape index (κ1) is 27.1. The molecule has 4 heteroatoms. The van der Waals surface area contributed by atoms with Crippen molar-refractivity contribution in [3.63, 3.8) is 0 Å². The van der Waals surface area contributed by atoms with Crippen LogP contribution in [0.5, 0.6) is 0 Å². The molecule has 0 bridgehead atoms. The van der Waals surface area contributed by atoms with Crippen molar-refractivity contribution in [2.24, 2.45) is 23.2 Å². The van der Waals surface area contributed by atoms with Gasteiger partial charge >= 0.3 is 0 Å². The molecule has 0 aromatic carbocycles. The van der Waals surface area contributed by atoms with E-state index in [1.165, 1.54) is 41.0 Å². The normalized spacial score (nSPS) is 37.3. The fourth-order valence-corrected chi connectivity index (χ4v) is 9.09. The molecule has 5 rings (SSSR count). The smallest absolute Gasteiger partial charge is 0.0825 e. The van der Waals surface area contributed by atoms with Gasteiger partial charge in [0.25, 0.3) is 0 Å². The summed E-state index contributed by atoms with van der Waals surface area (Å²) in [5, 5.41) is 31.6. The van der Waals surface area contributed by atoms with Crippen LogP contribution in [0.1, 0.15) is 88.3 Å². The molecule has 3 N–H and O–H groups in total. The Bertz CT molecular complexity index is 1090. The number of hydrogen-bond acceptors (Lipinski definition) is 4. The number of aryl methyl sites for hydroxylation is 1. The Labute approximate surface area is 227 Å². The standard InChI is InChI=1S/C33H46O3S/c1-5-26-11-15-31(37-26)33(17-18-33)30(36)14-8-21(2)27-12-13-28-23(7-6-16-32(27,28)4)9-10-24-19-25(34)20-29(35)22(24)3/h8-11,14-15,21,25,27-30,34-36H,3,5-7,12-13,16-20H2,1-2,4H3/b14-8+,23-9+,24-10-/t21-,25-,27-,28+,29+,30-,32-/m1/s1. The van der Waals surface area contributed by atoms with Crippen LogP contribution < -0.4 is 0 Å². The molecule has 0 unspecified atom stereocenters. The van der Waals surface area contributed by atoms with Gasteiger partial charge in [0, 0.05) is 21.6 Å². The molecule has 4 aliphatic carbocycles. The van der Waals surface area contributed by atoms with Crippen molar-refractivity contribution in [3.05, 3.63) is 69.5 Å². The number of rotatable bonds is 7. The molecule has 7 atom stereocenters. The Morgan fingerprint density at radius 1 is 1.14 bits per heavy atom. The summed E-state index contributed by atoms with van der Waals surface area (Å²) in [6, 6.07) is 4.48. The maximum absolute atomic E-state index is 11.2. The summed E-state index contributed by atoms with van der Waals surface area (Å²) in [6.07, 6.45) is 17.6. The van der Waals surface area contributed by atoms with Gasteiger partial charge < -0.3 is 15.3 Å². The molecule has 4 fully saturated rings. The van der Waals surface area contributed by atoms with E-state index in [9.17, 15) is 15.3 Å². The maximum Gasteiger partial charge on any atom is 0.0825 e. The van der Waals surface area contributed by atoms with Crippen molar-refractivity contribution in [1.82, 2.24) is 0 Å². The van der Waals surface area contributed by atoms with Gasteiger partial charge in [0.1, 0.15) is 0 Å².